The van der Waals surface area contributed by atoms with E-state index in [1.807, 2.05) is 41.1 Å². The van der Waals surface area contributed by atoms with Crippen molar-refractivity contribution in [3.8, 4) is 5.75 Å². The zero-order chi connectivity index (χ0) is 13.9. The van der Waals surface area contributed by atoms with Gasteiger partial charge in [0.15, 0.2) is 0 Å². The number of esters is 1. The number of hydrogen-bond donors (Lipinski definition) is 0. The molecule has 2 nitrogen and oxygen atoms in total. The van der Waals surface area contributed by atoms with Gasteiger partial charge in [0.25, 0.3) is 0 Å². The van der Waals surface area contributed by atoms with Gasteiger partial charge in [0.05, 0.1) is 6.42 Å². The van der Waals surface area contributed by atoms with Crippen LogP contribution in [-0.2, 0) is 11.2 Å². The third kappa shape index (κ3) is 2.69. The minimum atomic E-state index is -0.268. The first kappa shape index (κ1) is 13.2. The van der Waals surface area contributed by atoms with Crippen molar-refractivity contribution in [3.05, 3.63) is 63.8 Å². The summed E-state index contributed by atoms with van der Waals surface area (Å²) in [5.74, 6) is 0.279. The number of hydrogen-bond acceptors (Lipinski definition) is 3. The highest BCUT2D eigenvalue weighted by atomic mass is 35.5. The van der Waals surface area contributed by atoms with Crippen LogP contribution in [0.1, 0.15) is 5.56 Å². The molecule has 0 radical (unpaired) electrons. The second-order valence-electron chi connectivity index (χ2n) is 4.37. The maximum atomic E-state index is 12.0. The van der Waals surface area contributed by atoms with Crippen LogP contribution in [0.15, 0.2) is 53.2 Å². The van der Waals surface area contributed by atoms with Gasteiger partial charge in [-0.25, -0.2) is 0 Å². The van der Waals surface area contributed by atoms with Crippen molar-refractivity contribution in [2.75, 3.05) is 0 Å². The van der Waals surface area contributed by atoms with Crippen LogP contribution in [0.3, 0.4) is 0 Å². The summed E-state index contributed by atoms with van der Waals surface area (Å²) in [4.78, 5) is 12.0. The van der Waals surface area contributed by atoms with E-state index in [2.05, 4.69) is 0 Å². The van der Waals surface area contributed by atoms with Crippen molar-refractivity contribution in [1.82, 2.24) is 0 Å². The molecule has 100 valence electrons. The van der Waals surface area contributed by atoms with E-state index in [4.69, 9.17) is 16.3 Å². The first-order chi connectivity index (χ1) is 9.74. The summed E-state index contributed by atoms with van der Waals surface area (Å²) >= 11 is 7.71. The van der Waals surface area contributed by atoms with Crippen molar-refractivity contribution in [2.45, 2.75) is 6.42 Å². The minimum absolute atomic E-state index is 0.268. The molecule has 3 rings (SSSR count). The molecule has 0 fully saturated rings. The highest BCUT2D eigenvalue weighted by molar-refractivity contribution is 7.08. The normalized spacial score (nSPS) is 10.7. The van der Waals surface area contributed by atoms with Crippen LogP contribution in [0.5, 0.6) is 5.75 Å². The van der Waals surface area contributed by atoms with Crippen LogP contribution in [0.2, 0.25) is 5.02 Å². The Balaban J connectivity index is 1.87. The van der Waals surface area contributed by atoms with Crippen LogP contribution >= 0.6 is 22.9 Å². The van der Waals surface area contributed by atoms with Crippen LogP contribution in [-0.4, -0.2) is 5.97 Å². The van der Waals surface area contributed by atoms with Gasteiger partial charge in [-0.2, -0.15) is 11.3 Å². The molecule has 1 aromatic heterocycles. The van der Waals surface area contributed by atoms with Gasteiger partial charge in [0, 0.05) is 15.8 Å². The molecule has 0 amide bonds. The predicted octanol–water partition coefficient (Wildman–Crippen LogP) is 4.70. The van der Waals surface area contributed by atoms with E-state index in [9.17, 15) is 4.79 Å². The molecule has 0 spiro atoms. The fourth-order valence-electron chi connectivity index (χ4n) is 2.04. The summed E-state index contributed by atoms with van der Waals surface area (Å²) in [6.45, 7) is 0. The summed E-state index contributed by atoms with van der Waals surface area (Å²) in [6, 6.07) is 13.0. The number of fused-ring (bicyclic) bond motifs is 1. The Morgan fingerprint density at radius 1 is 1.10 bits per heavy atom. The van der Waals surface area contributed by atoms with Crippen molar-refractivity contribution < 1.29 is 9.53 Å². The number of rotatable bonds is 3. The van der Waals surface area contributed by atoms with Crippen LogP contribution in [0, 0.1) is 0 Å². The molecule has 0 atom stereocenters. The molecule has 1 heterocycles. The first-order valence-corrected chi connectivity index (χ1v) is 7.45. The summed E-state index contributed by atoms with van der Waals surface area (Å²) in [7, 11) is 0. The van der Waals surface area contributed by atoms with E-state index in [1.54, 1.807) is 23.5 Å². The van der Waals surface area contributed by atoms with E-state index >= 15 is 0 Å². The molecule has 0 saturated carbocycles. The van der Waals surface area contributed by atoms with Gasteiger partial charge in [-0.1, -0.05) is 35.9 Å². The van der Waals surface area contributed by atoms with Gasteiger partial charge in [-0.15, -0.1) is 0 Å². The van der Waals surface area contributed by atoms with E-state index in [1.165, 1.54) is 0 Å². The number of thiophene rings is 1. The van der Waals surface area contributed by atoms with Gasteiger partial charge in [0.2, 0.25) is 0 Å². The first-order valence-electron chi connectivity index (χ1n) is 6.13. The Hall–Kier alpha value is -1.84. The smallest absolute Gasteiger partial charge is 0.315 e. The standard InChI is InChI=1S/C16H11ClO2S/c17-14-5-6-15(13-4-2-1-3-12(13)14)19-16(18)9-11-7-8-20-10-11/h1-8,10H,9H2. The van der Waals surface area contributed by atoms with E-state index < -0.39 is 0 Å². The maximum Gasteiger partial charge on any atom is 0.315 e. The summed E-state index contributed by atoms with van der Waals surface area (Å²) < 4.78 is 5.46. The number of benzene rings is 2. The highest BCUT2D eigenvalue weighted by Crippen LogP contribution is 2.31. The fraction of sp³-hybridized carbons (Fsp3) is 0.0625. The monoisotopic (exact) mass is 302 g/mol. The molecule has 0 N–H and O–H groups in total. The van der Waals surface area contributed by atoms with Crippen molar-refractivity contribution in [2.24, 2.45) is 0 Å². The highest BCUT2D eigenvalue weighted by Gasteiger charge is 2.10. The van der Waals surface area contributed by atoms with Gasteiger partial charge >= 0.3 is 5.97 Å². The lowest BCUT2D eigenvalue weighted by Crippen LogP contribution is -2.10. The lowest BCUT2D eigenvalue weighted by atomic mass is 10.1. The molecule has 3 aromatic rings. The minimum Gasteiger partial charge on any atom is -0.426 e. The molecule has 0 bridgehead atoms. The molecule has 0 aliphatic heterocycles. The second kappa shape index (κ2) is 5.65. The summed E-state index contributed by atoms with van der Waals surface area (Å²) in [5, 5.41) is 6.27. The third-order valence-corrected chi connectivity index (χ3v) is 4.04. The molecule has 0 saturated heterocycles. The van der Waals surface area contributed by atoms with Crippen molar-refractivity contribution in [1.29, 1.82) is 0 Å². The largest absolute Gasteiger partial charge is 0.426 e. The number of carbonyl (C=O) groups is 1. The van der Waals surface area contributed by atoms with Crippen molar-refractivity contribution >= 4 is 39.7 Å². The number of halogens is 1. The Morgan fingerprint density at radius 2 is 1.90 bits per heavy atom. The van der Waals surface area contributed by atoms with E-state index in [0.717, 1.165) is 16.3 Å². The van der Waals surface area contributed by atoms with E-state index in [0.29, 0.717) is 10.8 Å². The molecule has 0 aliphatic rings. The lowest BCUT2D eigenvalue weighted by Gasteiger charge is -2.08. The molecule has 0 aliphatic carbocycles. The summed E-state index contributed by atoms with van der Waals surface area (Å²) in [5.41, 5.74) is 0.971. The molecule has 20 heavy (non-hydrogen) atoms. The SMILES string of the molecule is O=C(Cc1ccsc1)Oc1ccc(Cl)c2ccccc12. The van der Waals surface area contributed by atoms with Gasteiger partial charge in [-0.3, -0.25) is 4.79 Å². The van der Waals surface area contributed by atoms with Crippen LogP contribution in [0.4, 0.5) is 0 Å². The third-order valence-electron chi connectivity index (χ3n) is 2.98. The Morgan fingerprint density at radius 3 is 2.65 bits per heavy atom. The topological polar surface area (TPSA) is 26.3 Å². The predicted molar refractivity (Wildman–Crippen MR) is 82.6 cm³/mol. The molecule has 4 heteroatoms. The van der Waals surface area contributed by atoms with Crippen LogP contribution < -0.4 is 4.74 Å². The number of carbonyl (C=O) groups excluding carboxylic acids is 1. The Bertz CT molecular complexity index is 750. The number of ether oxygens (including phenoxy) is 1. The van der Waals surface area contributed by atoms with E-state index in [-0.39, 0.29) is 12.4 Å². The quantitative estimate of drug-likeness (QED) is 0.517. The molecule has 2 aromatic carbocycles. The second-order valence-corrected chi connectivity index (χ2v) is 5.56. The molecular weight excluding hydrogens is 292 g/mol. The summed E-state index contributed by atoms with van der Waals surface area (Å²) in [6.07, 6.45) is 0.278. The van der Waals surface area contributed by atoms with Gasteiger partial charge < -0.3 is 4.74 Å². The Labute approximate surface area is 125 Å². The molecular formula is C16H11ClO2S. The average Bonchev–Trinajstić information content (AvgIpc) is 2.95. The zero-order valence-corrected chi connectivity index (χ0v) is 12.1. The average molecular weight is 303 g/mol. The van der Waals surface area contributed by atoms with Crippen molar-refractivity contribution in [3.63, 3.8) is 0 Å². The van der Waals surface area contributed by atoms with Gasteiger partial charge in [-0.05, 0) is 34.5 Å². The molecule has 0 unspecified atom stereocenters. The van der Waals surface area contributed by atoms with Crippen LogP contribution in [0.25, 0.3) is 10.8 Å². The maximum absolute atomic E-state index is 12.0. The lowest BCUT2D eigenvalue weighted by molar-refractivity contribution is -0.133. The fourth-order valence-corrected chi connectivity index (χ4v) is 2.94. The van der Waals surface area contributed by atoms with Gasteiger partial charge in [0.1, 0.15) is 5.75 Å². The zero-order valence-electron chi connectivity index (χ0n) is 10.5. The Kier molecular flexibility index (Phi) is 3.72.